The summed E-state index contributed by atoms with van der Waals surface area (Å²) in [6.07, 6.45) is 7.60. The van der Waals surface area contributed by atoms with Crippen molar-refractivity contribution >= 4 is 16.9 Å². The van der Waals surface area contributed by atoms with Crippen molar-refractivity contribution in [1.82, 2.24) is 20.3 Å². The van der Waals surface area contributed by atoms with Gasteiger partial charge in [-0.25, -0.2) is 9.97 Å². The van der Waals surface area contributed by atoms with Gasteiger partial charge in [0.1, 0.15) is 17.8 Å². The number of nitrogens with zero attached hydrogens (tertiary/aromatic N) is 2. The van der Waals surface area contributed by atoms with Gasteiger partial charge in [-0.3, -0.25) is 0 Å². The molecule has 3 rings (SSSR count). The maximum absolute atomic E-state index is 4.06. The minimum atomic E-state index is 0.858. The topological polar surface area (TPSA) is 65.6 Å². The first kappa shape index (κ1) is 11.9. The normalized spacial score (nSPS) is 15.1. The van der Waals surface area contributed by atoms with Crippen LogP contribution in [0.1, 0.15) is 19.3 Å². The molecule has 1 fully saturated rings. The first-order chi connectivity index (χ1) is 8.42. The van der Waals surface area contributed by atoms with Gasteiger partial charge in [0.25, 0.3) is 0 Å². The minimum absolute atomic E-state index is 0.858. The number of hydrogen-bond acceptors (Lipinski definition) is 4. The van der Waals surface area contributed by atoms with Gasteiger partial charge in [-0.05, 0) is 32.0 Å². The lowest BCUT2D eigenvalue weighted by molar-refractivity contribution is 0.520. The summed E-state index contributed by atoms with van der Waals surface area (Å²) in [5.74, 6) is 0.858. The van der Waals surface area contributed by atoms with Crippen molar-refractivity contribution in [3.8, 4) is 0 Å². The van der Waals surface area contributed by atoms with E-state index in [2.05, 4.69) is 25.6 Å². The van der Waals surface area contributed by atoms with Crippen LogP contribution in [-0.2, 0) is 0 Å². The van der Waals surface area contributed by atoms with Crippen molar-refractivity contribution in [2.45, 2.75) is 19.3 Å². The molecule has 92 valence electrons. The molecule has 0 aromatic carbocycles. The molecule has 3 heterocycles. The maximum Gasteiger partial charge on any atom is 0.142 e. The number of anilines is 1. The van der Waals surface area contributed by atoms with E-state index in [1.807, 2.05) is 19.3 Å². The Kier molecular flexibility index (Phi) is 4.32. The van der Waals surface area contributed by atoms with Crippen LogP contribution in [0, 0.1) is 0 Å². The number of aromatic nitrogens is 3. The number of aromatic amines is 1. The molecule has 0 radical (unpaired) electrons. The predicted octanol–water partition coefficient (Wildman–Crippen LogP) is 1.76. The number of fused-ring (bicyclic) bond motifs is 1. The summed E-state index contributed by atoms with van der Waals surface area (Å²) < 4.78 is 0. The van der Waals surface area contributed by atoms with Crippen LogP contribution in [0.3, 0.4) is 0 Å². The largest absolute Gasteiger partial charge is 0.372 e. The Balaban J connectivity index is 0.000000153. The number of nitrogens with one attached hydrogen (secondary N) is 3. The third kappa shape index (κ3) is 3.17. The SMILES string of the molecule is C1CCNCC1.CNc1ncnc2[nH]ccc12. The van der Waals surface area contributed by atoms with Gasteiger partial charge in [-0.15, -0.1) is 0 Å². The number of hydrogen-bond donors (Lipinski definition) is 3. The Hall–Kier alpha value is -1.62. The maximum atomic E-state index is 4.06. The van der Waals surface area contributed by atoms with Crippen LogP contribution in [0.5, 0.6) is 0 Å². The van der Waals surface area contributed by atoms with Gasteiger partial charge >= 0.3 is 0 Å². The second-order valence-corrected chi connectivity index (χ2v) is 4.02. The second-order valence-electron chi connectivity index (χ2n) is 4.02. The number of rotatable bonds is 1. The monoisotopic (exact) mass is 233 g/mol. The molecule has 1 aliphatic heterocycles. The van der Waals surface area contributed by atoms with Crippen LogP contribution in [0.2, 0.25) is 0 Å². The van der Waals surface area contributed by atoms with E-state index in [0.29, 0.717) is 0 Å². The molecule has 17 heavy (non-hydrogen) atoms. The fourth-order valence-corrected chi connectivity index (χ4v) is 1.87. The third-order valence-electron chi connectivity index (χ3n) is 2.80. The predicted molar refractivity (Wildman–Crippen MR) is 70.2 cm³/mol. The van der Waals surface area contributed by atoms with Crippen LogP contribution in [0.15, 0.2) is 18.6 Å². The fourth-order valence-electron chi connectivity index (χ4n) is 1.87. The van der Waals surface area contributed by atoms with Crippen LogP contribution >= 0.6 is 0 Å². The van der Waals surface area contributed by atoms with Crippen LogP contribution < -0.4 is 10.6 Å². The van der Waals surface area contributed by atoms with Gasteiger partial charge in [0.2, 0.25) is 0 Å². The molecule has 0 spiro atoms. The lowest BCUT2D eigenvalue weighted by atomic mass is 10.2. The van der Waals surface area contributed by atoms with Gasteiger partial charge in [-0.2, -0.15) is 0 Å². The lowest BCUT2D eigenvalue weighted by Crippen LogP contribution is -2.21. The van der Waals surface area contributed by atoms with E-state index >= 15 is 0 Å². The molecule has 5 nitrogen and oxygen atoms in total. The zero-order valence-corrected chi connectivity index (χ0v) is 10.2. The first-order valence-corrected chi connectivity index (χ1v) is 6.08. The molecule has 0 unspecified atom stereocenters. The Morgan fingerprint density at radius 1 is 1.18 bits per heavy atom. The van der Waals surface area contributed by atoms with Crippen molar-refractivity contribution in [3.63, 3.8) is 0 Å². The number of piperidine rings is 1. The summed E-state index contributed by atoms with van der Waals surface area (Å²) in [5.41, 5.74) is 0.865. The average molecular weight is 233 g/mol. The van der Waals surface area contributed by atoms with E-state index in [1.54, 1.807) is 0 Å². The Bertz CT molecular complexity index is 435. The molecule has 1 saturated heterocycles. The van der Waals surface area contributed by atoms with E-state index in [9.17, 15) is 0 Å². The Morgan fingerprint density at radius 2 is 2.00 bits per heavy atom. The van der Waals surface area contributed by atoms with E-state index in [-0.39, 0.29) is 0 Å². The smallest absolute Gasteiger partial charge is 0.142 e. The van der Waals surface area contributed by atoms with Crippen molar-refractivity contribution in [3.05, 3.63) is 18.6 Å². The lowest BCUT2D eigenvalue weighted by Gasteiger charge is -2.08. The molecule has 3 N–H and O–H groups in total. The molecule has 2 aromatic rings. The molecule has 0 aliphatic carbocycles. The molecule has 0 bridgehead atoms. The summed E-state index contributed by atoms with van der Waals surface area (Å²) in [6, 6.07) is 1.95. The zero-order valence-electron chi connectivity index (χ0n) is 10.2. The van der Waals surface area contributed by atoms with Gasteiger partial charge in [0, 0.05) is 13.2 Å². The van der Waals surface area contributed by atoms with Gasteiger partial charge < -0.3 is 15.6 Å². The molecule has 5 heteroatoms. The highest BCUT2D eigenvalue weighted by molar-refractivity contribution is 5.86. The summed E-state index contributed by atoms with van der Waals surface area (Å²) in [6.45, 7) is 2.50. The average Bonchev–Trinajstić information content (AvgIpc) is 2.89. The molecular formula is C12H19N5. The third-order valence-corrected chi connectivity index (χ3v) is 2.80. The molecular weight excluding hydrogens is 214 g/mol. The van der Waals surface area contributed by atoms with Crippen LogP contribution in [0.25, 0.3) is 11.0 Å². The van der Waals surface area contributed by atoms with Crippen molar-refractivity contribution in [2.75, 3.05) is 25.5 Å². The van der Waals surface area contributed by atoms with Crippen molar-refractivity contribution < 1.29 is 0 Å². The van der Waals surface area contributed by atoms with Gasteiger partial charge in [0.15, 0.2) is 0 Å². The van der Waals surface area contributed by atoms with E-state index in [4.69, 9.17) is 0 Å². The summed E-state index contributed by atoms with van der Waals surface area (Å²) in [7, 11) is 1.84. The molecule has 2 aromatic heterocycles. The van der Waals surface area contributed by atoms with Crippen molar-refractivity contribution in [2.24, 2.45) is 0 Å². The van der Waals surface area contributed by atoms with Crippen LogP contribution in [-0.4, -0.2) is 35.1 Å². The minimum Gasteiger partial charge on any atom is -0.372 e. The van der Waals surface area contributed by atoms with E-state index < -0.39 is 0 Å². The summed E-state index contributed by atoms with van der Waals surface area (Å²) >= 11 is 0. The van der Waals surface area contributed by atoms with Crippen molar-refractivity contribution in [1.29, 1.82) is 0 Å². The molecule has 0 amide bonds. The standard InChI is InChI=1S/C7H8N4.C5H11N/c1-8-6-5-2-3-9-7(5)11-4-10-6;1-2-4-6-5-3-1/h2-4H,1H3,(H2,8,9,10,11);6H,1-5H2. The molecule has 0 atom stereocenters. The van der Waals surface area contributed by atoms with Gasteiger partial charge in [-0.1, -0.05) is 6.42 Å². The molecule has 1 aliphatic rings. The summed E-state index contributed by atoms with van der Waals surface area (Å²) in [4.78, 5) is 11.1. The number of H-pyrrole nitrogens is 1. The quantitative estimate of drug-likeness (QED) is 0.702. The summed E-state index contributed by atoms with van der Waals surface area (Å²) in [5, 5.41) is 7.29. The Morgan fingerprint density at radius 3 is 2.59 bits per heavy atom. The fraction of sp³-hybridized carbons (Fsp3) is 0.500. The van der Waals surface area contributed by atoms with E-state index in [1.165, 1.54) is 38.7 Å². The van der Waals surface area contributed by atoms with Gasteiger partial charge in [0.05, 0.1) is 5.39 Å². The highest BCUT2D eigenvalue weighted by Crippen LogP contribution is 2.15. The highest BCUT2D eigenvalue weighted by atomic mass is 15.0. The zero-order chi connectivity index (χ0) is 11.9. The molecule has 0 saturated carbocycles. The second kappa shape index (κ2) is 6.20. The first-order valence-electron chi connectivity index (χ1n) is 6.08. The van der Waals surface area contributed by atoms with Crippen LogP contribution in [0.4, 0.5) is 5.82 Å². The highest BCUT2D eigenvalue weighted by Gasteiger charge is 1.99. The van der Waals surface area contributed by atoms with E-state index in [0.717, 1.165) is 16.9 Å². The Labute approximate surface area is 101 Å².